The molecule has 2 N–H and O–H groups in total. The minimum atomic E-state index is -0.684. The van der Waals surface area contributed by atoms with Crippen LogP contribution in [-0.4, -0.2) is 23.7 Å². The summed E-state index contributed by atoms with van der Waals surface area (Å²) < 4.78 is 0. The third-order valence-corrected chi connectivity index (χ3v) is 3.75. The van der Waals surface area contributed by atoms with E-state index in [4.69, 9.17) is 0 Å². The molecule has 0 aliphatic rings. The summed E-state index contributed by atoms with van der Waals surface area (Å²) in [5, 5.41) is 12.7. The first-order valence-corrected chi connectivity index (χ1v) is 6.98. The van der Waals surface area contributed by atoms with E-state index in [1.54, 1.807) is 0 Å². The molecule has 1 unspecified atom stereocenters. The van der Waals surface area contributed by atoms with Gasteiger partial charge in [0.15, 0.2) is 0 Å². The average Bonchev–Trinajstić information content (AvgIpc) is 2.30. The molecule has 0 aliphatic heterocycles. The maximum absolute atomic E-state index is 11.3. The molecular formula is C15H29NO2. The normalized spacial score (nSPS) is 13.2. The van der Waals surface area contributed by atoms with Crippen LogP contribution in [0.3, 0.4) is 0 Å². The molecule has 0 saturated carbocycles. The van der Waals surface area contributed by atoms with Crippen molar-refractivity contribution in [3.05, 3.63) is 11.6 Å². The molecule has 0 saturated heterocycles. The third-order valence-electron chi connectivity index (χ3n) is 3.75. The summed E-state index contributed by atoms with van der Waals surface area (Å²) >= 11 is 0. The highest BCUT2D eigenvalue weighted by Crippen LogP contribution is 2.26. The van der Waals surface area contributed by atoms with E-state index in [0.29, 0.717) is 25.4 Å². The number of rotatable bonds is 9. The first kappa shape index (κ1) is 17.2. The summed E-state index contributed by atoms with van der Waals surface area (Å²) in [7, 11) is 0. The van der Waals surface area contributed by atoms with Crippen LogP contribution in [0.1, 0.15) is 60.3 Å². The van der Waals surface area contributed by atoms with Gasteiger partial charge in [-0.15, -0.1) is 0 Å². The van der Waals surface area contributed by atoms with Gasteiger partial charge in [-0.25, -0.2) is 0 Å². The molecule has 0 rings (SSSR count). The summed E-state index contributed by atoms with van der Waals surface area (Å²) in [6, 6.07) is 0.359. The van der Waals surface area contributed by atoms with Gasteiger partial charge in [-0.05, 0) is 46.5 Å². The second-order valence-electron chi connectivity index (χ2n) is 5.43. The Hall–Kier alpha value is -0.830. The van der Waals surface area contributed by atoms with Crippen LogP contribution in [0.25, 0.3) is 0 Å². The number of carbonyl (C=O) groups is 1. The summed E-state index contributed by atoms with van der Waals surface area (Å²) in [5.41, 5.74) is 0.731. The van der Waals surface area contributed by atoms with E-state index in [9.17, 15) is 9.90 Å². The van der Waals surface area contributed by atoms with E-state index in [-0.39, 0.29) is 0 Å². The molecule has 0 aliphatic carbocycles. The van der Waals surface area contributed by atoms with E-state index in [0.717, 1.165) is 12.8 Å². The van der Waals surface area contributed by atoms with Gasteiger partial charge >= 0.3 is 5.97 Å². The highest BCUT2D eigenvalue weighted by Gasteiger charge is 2.34. The minimum absolute atomic E-state index is 0.359. The van der Waals surface area contributed by atoms with E-state index >= 15 is 0 Å². The predicted molar refractivity (Wildman–Crippen MR) is 76.8 cm³/mol. The molecule has 18 heavy (non-hydrogen) atoms. The van der Waals surface area contributed by atoms with Gasteiger partial charge in [0.25, 0.3) is 0 Å². The van der Waals surface area contributed by atoms with Gasteiger partial charge in [0, 0.05) is 12.6 Å². The van der Waals surface area contributed by atoms with Gasteiger partial charge in [0.2, 0.25) is 0 Å². The molecule has 0 bridgehead atoms. The minimum Gasteiger partial charge on any atom is -0.481 e. The number of hydrogen-bond donors (Lipinski definition) is 2. The molecule has 0 radical (unpaired) electrons. The van der Waals surface area contributed by atoms with Gasteiger partial charge in [0.05, 0.1) is 5.41 Å². The highest BCUT2D eigenvalue weighted by atomic mass is 16.4. The molecule has 3 heteroatoms. The lowest BCUT2D eigenvalue weighted by Gasteiger charge is -2.28. The Morgan fingerprint density at radius 1 is 1.33 bits per heavy atom. The number of allylic oxidation sites excluding steroid dienone is 2. The number of hydrogen-bond acceptors (Lipinski definition) is 2. The fourth-order valence-electron chi connectivity index (χ4n) is 1.97. The van der Waals surface area contributed by atoms with Crippen LogP contribution in [0.15, 0.2) is 11.6 Å². The zero-order valence-corrected chi connectivity index (χ0v) is 12.5. The number of carboxylic acid groups (broad SMARTS) is 1. The lowest BCUT2D eigenvalue weighted by atomic mass is 9.82. The zero-order valence-electron chi connectivity index (χ0n) is 12.5. The Morgan fingerprint density at radius 3 is 2.28 bits per heavy atom. The predicted octanol–water partition coefficient (Wildman–Crippen LogP) is 3.60. The monoisotopic (exact) mass is 255 g/mol. The number of nitrogens with one attached hydrogen (secondary N) is 1. The zero-order chi connectivity index (χ0) is 14.2. The van der Waals surface area contributed by atoms with Crippen molar-refractivity contribution in [2.75, 3.05) is 6.54 Å². The Labute approximate surface area is 112 Å². The second-order valence-corrected chi connectivity index (χ2v) is 5.43. The summed E-state index contributed by atoms with van der Waals surface area (Å²) in [6.07, 6.45) is 5.67. The fraction of sp³-hybridized carbons (Fsp3) is 0.800. The first-order chi connectivity index (χ1) is 8.38. The molecule has 0 aromatic rings. The maximum Gasteiger partial charge on any atom is 0.310 e. The van der Waals surface area contributed by atoms with E-state index < -0.39 is 11.4 Å². The van der Waals surface area contributed by atoms with Gasteiger partial charge in [-0.2, -0.15) is 0 Å². The largest absolute Gasteiger partial charge is 0.481 e. The molecule has 1 atom stereocenters. The van der Waals surface area contributed by atoms with Gasteiger partial charge in [-0.1, -0.05) is 25.5 Å². The van der Waals surface area contributed by atoms with Crippen molar-refractivity contribution >= 4 is 5.97 Å². The maximum atomic E-state index is 11.3. The molecule has 0 heterocycles. The Bertz CT molecular complexity index is 276. The topological polar surface area (TPSA) is 49.3 Å². The van der Waals surface area contributed by atoms with Crippen LogP contribution < -0.4 is 5.32 Å². The summed E-state index contributed by atoms with van der Waals surface area (Å²) in [6.45, 7) is 10.8. The van der Waals surface area contributed by atoms with Crippen molar-refractivity contribution in [1.82, 2.24) is 5.32 Å². The Morgan fingerprint density at radius 2 is 1.89 bits per heavy atom. The summed E-state index contributed by atoms with van der Waals surface area (Å²) in [5.74, 6) is -0.684. The lowest BCUT2D eigenvalue weighted by molar-refractivity contribution is -0.149. The molecule has 0 spiro atoms. The molecular weight excluding hydrogens is 226 g/mol. The highest BCUT2D eigenvalue weighted by molar-refractivity contribution is 5.74. The molecule has 0 aromatic carbocycles. The fourth-order valence-corrected chi connectivity index (χ4v) is 1.97. The number of aliphatic carboxylic acids is 1. The van der Waals surface area contributed by atoms with Crippen LogP contribution in [0.2, 0.25) is 0 Å². The van der Waals surface area contributed by atoms with Crippen molar-refractivity contribution in [2.24, 2.45) is 5.41 Å². The number of carboxylic acids is 1. The Kier molecular flexibility index (Phi) is 7.92. The average molecular weight is 255 g/mol. The van der Waals surface area contributed by atoms with E-state index in [1.807, 2.05) is 13.8 Å². The molecule has 0 amide bonds. The van der Waals surface area contributed by atoms with E-state index in [1.165, 1.54) is 5.57 Å². The van der Waals surface area contributed by atoms with Crippen LogP contribution >= 0.6 is 0 Å². The SMILES string of the molecule is CCC(CC)(CNC(C)CCC=C(C)C)C(=O)O. The van der Waals surface area contributed by atoms with Crippen LogP contribution in [0.4, 0.5) is 0 Å². The molecule has 106 valence electrons. The third kappa shape index (κ3) is 5.67. The summed E-state index contributed by atoms with van der Waals surface area (Å²) in [4.78, 5) is 11.3. The second kappa shape index (κ2) is 8.30. The smallest absolute Gasteiger partial charge is 0.310 e. The molecule has 0 aromatic heterocycles. The van der Waals surface area contributed by atoms with Crippen molar-refractivity contribution in [1.29, 1.82) is 0 Å². The van der Waals surface area contributed by atoms with Gasteiger partial charge < -0.3 is 10.4 Å². The molecule has 3 nitrogen and oxygen atoms in total. The van der Waals surface area contributed by atoms with Crippen LogP contribution in [0.5, 0.6) is 0 Å². The van der Waals surface area contributed by atoms with Gasteiger partial charge in [-0.3, -0.25) is 4.79 Å². The van der Waals surface area contributed by atoms with Crippen molar-refractivity contribution in [3.63, 3.8) is 0 Å². The standard InChI is InChI=1S/C15H29NO2/c1-6-15(7-2,14(17)18)11-16-13(5)10-8-9-12(3)4/h9,13,16H,6-8,10-11H2,1-5H3,(H,17,18). The van der Waals surface area contributed by atoms with Crippen molar-refractivity contribution in [3.8, 4) is 0 Å². The molecule has 0 fully saturated rings. The van der Waals surface area contributed by atoms with Crippen LogP contribution in [-0.2, 0) is 4.79 Å². The Balaban J connectivity index is 4.20. The first-order valence-electron chi connectivity index (χ1n) is 6.98. The van der Waals surface area contributed by atoms with Crippen molar-refractivity contribution < 1.29 is 9.90 Å². The van der Waals surface area contributed by atoms with Gasteiger partial charge in [0.1, 0.15) is 0 Å². The van der Waals surface area contributed by atoms with Crippen LogP contribution in [0, 0.1) is 5.41 Å². The van der Waals surface area contributed by atoms with E-state index in [2.05, 4.69) is 32.2 Å². The quantitative estimate of drug-likeness (QED) is 0.619. The lowest BCUT2D eigenvalue weighted by Crippen LogP contribution is -2.43. The van der Waals surface area contributed by atoms with Crippen molar-refractivity contribution in [2.45, 2.75) is 66.3 Å².